The van der Waals surface area contributed by atoms with Gasteiger partial charge in [0, 0.05) is 44.2 Å². The molecule has 7 nitrogen and oxygen atoms in total. The molecule has 0 aliphatic rings. The van der Waals surface area contributed by atoms with Gasteiger partial charge in [-0.2, -0.15) is 0 Å². The van der Waals surface area contributed by atoms with Crippen LogP contribution in [0.4, 0.5) is 0 Å². The lowest BCUT2D eigenvalue weighted by Gasteiger charge is -2.18. The topological polar surface area (TPSA) is 73.1 Å². The second-order valence-corrected chi connectivity index (χ2v) is 6.89. The van der Waals surface area contributed by atoms with Crippen molar-refractivity contribution in [3.63, 3.8) is 0 Å². The van der Waals surface area contributed by atoms with Gasteiger partial charge in [0.1, 0.15) is 5.75 Å². The van der Waals surface area contributed by atoms with Crippen LogP contribution in [0.1, 0.15) is 5.56 Å². The lowest BCUT2D eigenvalue weighted by atomic mass is 10.2. The first-order valence-electron chi connectivity index (χ1n) is 8.38. The van der Waals surface area contributed by atoms with Crippen LogP contribution < -0.4 is 4.74 Å². The Balaban J connectivity index is 1.61. The van der Waals surface area contributed by atoms with E-state index >= 15 is 0 Å². The molecule has 0 aliphatic heterocycles. The van der Waals surface area contributed by atoms with Gasteiger partial charge in [0.25, 0.3) is 0 Å². The van der Waals surface area contributed by atoms with Crippen LogP contribution in [-0.4, -0.2) is 50.5 Å². The molecule has 2 heterocycles. The van der Waals surface area contributed by atoms with E-state index in [1.807, 2.05) is 48.0 Å². The summed E-state index contributed by atoms with van der Waals surface area (Å²) < 4.78 is 7.23. The zero-order valence-corrected chi connectivity index (χ0v) is 16.3. The molecule has 8 heteroatoms. The second kappa shape index (κ2) is 8.68. The fourth-order valence-electron chi connectivity index (χ4n) is 2.61. The van der Waals surface area contributed by atoms with Crippen LogP contribution in [0, 0.1) is 0 Å². The molecule has 3 aromatic rings. The summed E-state index contributed by atoms with van der Waals surface area (Å²) in [5.41, 5.74) is 1.91. The highest BCUT2D eigenvalue weighted by atomic mass is 32.2. The largest absolute Gasteiger partial charge is 0.496 e. The number of amides is 1. The Labute approximate surface area is 162 Å². The van der Waals surface area contributed by atoms with Gasteiger partial charge in [-0.25, -0.2) is 0 Å². The number of pyridine rings is 1. The van der Waals surface area contributed by atoms with Gasteiger partial charge in [0.2, 0.25) is 5.91 Å². The maximum Gasteiger partial charge on any atom is 0.233 e. The third kappa shape index (κ3) is 4.46. The number of methoxy groups -OCH3 is 1. The molecule has 0 atom stereocenters. The predicted octanol–water partition coefficient (Wildman–Crippen LogP) is 2.64. The van der Waals surface area contributed by atoms with E-state index in [0.29, 0.717) is 11.7 Å². The van der Waals surface area contributed by atoms with E-state index in [2.05, 4.69) is 15.2 Å². The summed E-state index contributed by atoms with van der Waals surface area (Å²) in [7, 11) is 5.31. The van der Waals surface area contributed by atoms with Gasteiger partial charge in [0.15, 0.2) is 11.0 Å². The Bertz CT molecular complexity index is 913. The summed E-state index contributed by atoms with van der Waals surface area (Å²) in [6.07, 6.45) is 3.43. The molecule has 0 N–H and O–H groups in total. The van der Waals surface area contributed by atoms with Crippen molar-refractivity contribution in [1.29, 1.82) is 0 Å². The summed E-state index contributed by atoms with van der Waals surface area (Å²) in [5.74, 6) is 1.82. The molecule has 0 unspecified atom stereocenters. The van der Waals surface area contributed by atoms with Crippen LogP contribution in [0.5, 0.6) is 5.75 Å². The number of para-hydroxylation sites is 1. The van der Waals surface area contributed by atoms with Gasteiger partial charge in [-0.1, -0.05) is 30.0 Å². The number of hydrogen-bond acceptors (Lipinski definition) is 6. The molecule has 3 rings (SSSR count). The lowest BCUT2D eigenvalue weighted by molar-refractivity contribution is -0.127. The molecule has 0 spiro atoms. The van der Waals surface area contributed by atoms with Crippen molar-refractivity contribution in [2.45, 2.75) is 11.7 Å². The van der Waals surface area contributed by atoms with Crippen molar-refractivity contribution >= 4 is 17.7 Å². The number of rotatable bonds is 7. The van der Waals surface area contributed by atoms with Gasteiger partial charge in [-0.05, 0) is 18.2 Å². The average Bonchev–Trinajstić information content (AvgIpc) is 3.07. The van der Waals surface area contributed by atoms with Gasteiger partial charge < -0.3 is 14.2 Å². The predicted molar refractivity (Wildman–Crippen MR) is 104 cm³/mol. The van der Waals surface area contributed by atoms with E-state index in [1.54, 1.807) is 31.5 Å². The maximum atomic E-state index is 12.5. The smallest absolute Gasteiger partial charge is 0.233 e. The number of ether oxygens (including phenoxy) is 1. The Morgan fingerprint density at radius 1 is 1.19 bits per heavy atom. The SMILES string of the molecule is COc1ccccc1CN(C)C(=O)CSc1nnc(-c2ccncc2)n1C. The molecule has 0 saturated carbocycles. The van der Waals surface area contributed by atoms with Crippen molar-refractivity contribution in [2.24, 2.45) is 7.05 Å². The minimum Gasteiger partial charge on any atom is -0.496 e. The van der Waals surface area contributed by atoms with Crippen LogP contribution >= 0.6 is 11.8 Å². The molecule has 140 valence electrons. The molecule has 0 saturated heterocycles. The van der Waals surface area contributed by atoms with Gasteiger partial charge in [0.05, 0.1) is 12.9 Å². The summed E-state index contributed by atoms with van der Waals surface area (Å²) in [5, 5.41) is 9.12. The zero-order chi connectivity index (χ0) is 19.2. The fourth-order valence-corrected chi connectivity index (χ4v) is 3.46. The zero-order valence-electron chi connectivity index (χ0n) is 15.5. The first-order chi connectivity index (χ1) is 13.1. The minimum atomic E-state index is 0.0133. The van der Waals surface area contributed by atoms with E-state index in [-0.39, 0.29) is 11.7 Å². The van der Waals surface area contributed by atoms with Crippen molar-refractivity contribution in [3.8, 4) is 17.1 Å². The van der Waals surface area contributed by atoms with Gasteiger partial charge >= 0.3 is 0 Å². The number of nitrogens with zero attached hydrogens (tertiary/aromatic N) is 5. The monoisotopic (exact) mass is 383 g/mol. The van der Waals surface area contributed by atoms with Crippen LogP contribution in [0.25, 0.3) is 11.4 Å². The van der Waals surface area contributed by atoms with E-state index in [9.17, 15) is 4.79 Å². The summed E-state index contributed by atoms with van der Waals surface area (Å²) in [6, 6.07) is 11.5. The third-order valence-corrected chi connectivity index (χ3v) is 5.13. The normalized spacial score (nSPS) is 10.6. The number of carbonyl (C=O) groups is 1. The highest BCUT2D eigenvalue weighted by Gasteiger charge is 2.16. The number of carbonyl (C=O) groups excluding carboxylic acids is 1. The average molecular weight is 383 g/mol. The highest BCUT2D eigenvalue weighted by Crippen LogP contribution is 2.23. The Morgan fingerprint density at radius 3 is 2.67 bits per heavy atom. The summed E-state index contributed by atoms with van der Waals surface area (Å²) >= 11 is 1.37. The standard InChI is InChI=1S/C19H21N5O2S/c1-23(12-15-6-4-5-7-16(15)26-3)17(25)13-27-19-22-21-18(24(19)2)14-8-10-20-11-9-14/h4-11H,12-13H2,1-3H3. The lowest BCUT2D eigenvalue weighted by Crippen LogP contribution is -2.28. The molecular formula is C19H21N5O2S. The number of benzene rings is 1. The first kappa shape index (κ1) is 18.9. The molecule has 1 amide bonds. The molecule has 0 radical (unpaired) electrons. The summed E-state index contributed by atoms with van der Waals surface area (Å²) in [4.78, 5) is 18.2. The number of thioether (sulfide) groups is 1. The highest BCUT2D eigenvalue weighted by molar-refractivity contribution is 7.99. The third-order valence-electron chi connectivity index (χ3n) is 4.12. The van der Waals surface area contributed by atoms with E-state index < -0.39 is 0 Å². The summed E-state index contributed by atoms with van der Waals surface area (Å²) in [6.45, 7) is 0.491. The molecule has 2 aromatic heterocycles. The minimum absolute atomic E-state index is 0.0133. The van der Waals surface area contributed by atoms with Crippen molar-refractivity contribution < 1.29 is 9.53 Å². The van der Waals surface area contributed by atoms with Gasteiger partial charge in [-0.15, -0.1) is 10.2 Å². The maximum absolute atomic E-state index is 12.5. The Morgan fingerprint density at radius 2 is 1.93 bits per heavy atom. The molecular weight excluding hydrogens is 362 g/mol. The van der Waals surface area contributed by atoms with Crippen molar-refractivity contribution in [1.82, 2.24) is 24.6 Å². The Hall–Kier alpha value is -2.87. The number of hydrogen-bond donors (Lipinski definition) is 0. The molecule has 0 bridgehead atoms. The molecule has 1 aromatic carbocycles. The fraction of sp³-hybridized carbons (Fsp3) is 0.263. The quantitative estimate of drug-likeness (QED) is 0.584. The molecule has 0 fully saturated rings. The first-order valence-corrected chi connectivity index (χ1v) is 9.37. The van der Waals surface area contributed by atoms with E-state index in [1.165, 1.54) is 11.8 Å². The molecule has 0 aliphatic carbocycles. The van der Waals surface area contributed by atoms with E-state index in [0.717, 1.165) is 22.7 Å². The van der Waals surface area contributed by atoms with E-state index in [4.69, 9.17) is 4.74 Å². The second-order valence-electron chi connectivity index (χ2n) is 5.95. The van der Waals surface area contributed by atoms with Crippen molar-refractivity contribution in [2.75, 3.05) is 19.9 Å². The van der Waals surface area contributed by atoms with Crippen LogP contribution in [0.2, 0.25) is 0 Å². The molecule has 27 heavy (non-hydrogen) atoms. The van der Waals surface area contributed by atoms with Crippen LogP contribution in [0.15, 0.2) is 53.9 Å². The van der Waals surface area contributed by atoms with Crippen LogP contribution in [-0.2, 0) is 18.4 Å². The van der Waals surface area contributed by atoms with Crippen molar-refractivity contribution in [3.05, 3.63) is 54.4 Å². The number of aromatic nitrogens is 4. The van der Waals surface area contributed by atoms with Crippen LogP contribution in [0.3, 0.4) is 0 Å². The Kier molecular flexibility index (Phi) is 6.08. The van der Waals surface area contributed by atoms with Gasteiger partial charge in [-0.3, -0.25) is 9.78 Å².